The summed E-state index contributed by atoms with van der Waals surface area (Å²) in [5.74, 6) is 0. The Morgan fingerprint density at radius 2 is 1.42 bits per heavy atom. The topological polar surface area (TPSA) is 40.5 Å². The van der Waals surface area contributed by atoms with Crippen LogP contribution < -0.4 is 0 Å². The molecule has 0 rings (SSSR count). The van der Waals surface area contributed by atoms with Crippen molar-refractivity contribution >= 4 is 0 Å². The number of rotatable bonds is 5. The van der Waals surface area contributed by atoms with E-state index < -0.39 is 11.2 Å². The predicted octanol–water partition coefficient (Wildman–Crippen LogP) is 2.09. The maximum Gasteiger partial charge on any atom is 0.0620 e. The molecule has 0 heterocycles. The second-order valence-corrected chi connectivity index (χ2v) is 4.56. The van der Waals surface area contributed by atoms with Crippen LogP contribution in [0.25, 0.3) is 0 Å². The largest absolute Gasteiger partial charge is 0.390 e. The van der Waals surface area contributed by atoms with Crippen LogP contribution in [0.2, 0.25) is 0 Å². The molecule has 0 fully saturated rings. The minimum Gasteiger partial charge on any atom is -0.390 e. The van der Waals surface area contributed by atoms with Gasteiger partial charge < -0.3 is 10.2 Å². The van der Waals surface area contributed by atoms with Gasteiger partial charge in [0.15, 0.2) is 0 Å². The lowest BCUT2D eigenvalue weighted by Crippen LogP contribution is -2.29. The van der Waals surface area contributed by atoms with Crippen LogP contribution in [0.5, 0.6) is 0 Å². The van der Waals surface area contributed by atoms with Crippen molar-refractivity contribution in [3.05, 3.63) is 0 Å². The quantitative estimate of drug-likeness (QED) is 0.670. The second-order valence-electron chi connectivity index (χ2n) is 4.56. The molecule has 0 bridgehead atoms. The SMILES string of the molecule is CCCC(C)(O)CCC(C)(C)O. The Balaban J connectivity index is 3.75. The van der Waals surface area contributed by atoms with E-state index in [1.807, 2.05) is 6.92 Å². The molecule has 74 valence electrons. The fourth-order valence-electron chi connectivity index (χ4n) is 1.24. The maximum atomic E-state index is 9.77. The summed E-state index contributed by atoms with van der Waals surface area (Å²) in [5, 5.41) is 19.2. The van der Waals surface area contributed by atoms with Gasteiger partial charge in [-0.3, -0.25) is 0 Å². The summed E-state index contributed by atoms with van der Waals surface area (Å²) in [6, 6.07) is 0. The smallest absolute Gasteiger partial charge is 0.0620 e. The zero-order chi connectivity index (χ0) is 9.83. The summed E-state index contributed by atoms with van der Waals surface area (Å²) in [7, 11) is 0. The van der Waals surface area contributed by atoms with E-state index in [2.05, 4.69) is 6.92 Å². The van der Waals surface area contributed by atoms with Crippen molar-refractivity contribution in [1.82, 2.24) is 0 Å². The third kappa shape index (κ3) is 6.62. The van der Waals surface area contributed by atoms with Gasteiger partial charge in [-0.15, -0.1) is 0 Å². The number of hydrogen-bond acceptors (Lipinski definition) is 2. The zero-order valence-electron chi connectivity index (χ0n) is 8.72. The van der Waals surface area contributed by atoms with Crippen LogP contribution in [0.4, 0.5) is 0 Å². The van der Waals surface area contributed by atoms with Crippen molar-refractivity contribution in [2.45, 2.75) is 64.6 Å². The van der Waals surface area contributed by atoms with E-state index in [1.54, 1.807) is 13.8 Å². The third-order valence-electron chi connectivity index (χ3n) is 2.06. The van der Waals surface area contributed by atoms with Crippen molar-refractivity contribution in [2.24, 2.45) is 0 Å². The van der Waals surface area contributed by atoms with Crippen LogP contribution in [-0.4, -0.2) is 21.4 Å². The number of aliphatic hydroxyl groups is 2. The van der Waals surface area contributed by atoms with E-state index in [0.717, 1.165) is 12.8 Å². The molecule has 0 aliphatic carbocycles. The summed E-state index contributed by atoms with van der Waals surface area (Å²) in [6.45, 7) is 7.44. The Kier molecular flexibility index (Phi) is 4.21. The molecular weight excluding hydrogens is 152 g/mol. The molecule has 1 unspecified atom stereocenters. The van der Waals surface area contributed by atoms with E-state index in [9.17, 15) is 10.2 Å². The van der Waals surface area contributed by atoms with Crippen molar-refractivity contribution in [3.63, 3.8) is 0 Å². The van der Waals surface area contributed by atoms with Gasteiger partial charge in [0, 0.05) is 0 Å². The van der Waals surface area contributed by atoms with Crippen molar-refractivity contribution in [1.29, 1.82) is 0 Å². The van der Waals surface area contributed by atoms with Gasteiger partial charge in [-0.25, -0.2) is 0 Å². The van der Waals surface area contributed by atoms with Gasteiger partial charge in [0.2, 0.25) is 0 Å². The van der Waals surface area contributed by atoms with Gasteiger partial charge in [0.1, 0.15) is 0 Å². The molecule has 0 aromatic rings. The molecule has 0 aromatic heterocycles. The Bertz CT molecular complexity index is 122. The predicted molar refractivity (Wildman–Crippen MR) is 51.1 cm³/mol. The summed E-state index contributed by atoms with van der Waals surface area (Å²) >= 11 is 0. The number of hydrogen-bond donors (Lipinski definition) is 2. The standard InChI is InChI=1S/C10H22O2/c1-5-6-10(4,12)8-7-9(2,3)11/h11-12H,5-8H2,1-4H3. The fourth-order valence-corrected chi connectivity index (χ4v) is 1.24. The summed E-state index contributed by atoms with van der Waals surface area (Å²) < 4.78 is 0. The first-order valence-corrected chi connectivity index (χ1v) is 4.71. The van der Waals surface area contributed by atoms with Gasteiger partial charge in [-0.05, 0) is 40.0 Å². The first kappa shape index (κ1) is 11.9. The van der Waals surface area contributed by atoms with Crippen molar-refractivity contribution < 1.29 is 10.2 Å². The zero-order valence-corrected chi connectivity index (χ0v) is 8.72. The van der Waals surface area contributed by atoms with E-state index in [1.165, 1.54) is 0 Å². The van der Waals surface area contributed by atoms with Crippen LogP contribution in [0.3, 0.4) is 0 Å². The third-order valence-corrected chi connectivity index (χ3v) is 2.06. The molecule has 0 radical (unpaired) electrons. The summed E-state index contributed by atoms with van der Waals surface area (Å²) in [4.78, 5) is 0. The van der Waals surface area contributed by atoms with E-state index in [-0.39, 0.29) is 0 Å². The highest BCUT2D eigenvalue weighted by Crippen LogP contribution is 2.22. The minimum atomic E-state index is -0.655. The molecule has 1 atom stereocenters. The molecule has 0 saturated heterocycles. The molecule has 0 amide bonds. The van der Waals surface area contributed by atoms with Gasteiger partial charge in [-0.1, -0.05) is 13.3 Å². The average molecular weight is 174 g/mol. The van der Waals surface area contributed by atoms with E-state index in [0.29, 0.717) is 12.8 Å². The molecule has 0 aromatic carbocycles. The molecule has 0 spiro atoms. The highest BCUT2D eigenvalue weighted by Gasteiger charge is 2.23. The molecular formula is C10H22O2. The van der Waals surface area contributed by atoms with Crippen molar-refractivity contribution in [3.8, 4) is 0 Å². The lowest BCUT2D eigenvalue weighted by atomic mass is 9.90. The van der Waals surface area contributed by atoms with Crippen LogP contribution >= 0.6 is 0 Å². The Morgan fingerprint density at radius 1 is 0.917 bits per heavy atom. The average Bonchev–Trinajstić information content (AvgIpc) is 1.83. The molecule has 0 aliphatic heterocycles. The molecule has 2 heteroatoms. The summed E-state index contributed by atoms with van der Waals surface area (Å²) in [6.07, 6.45) is 3.12. The van der Waals surface area contributed by atoms with E-state index >= 15 is 0 Å². The van der Waals surface area contributed by atoms with Gasteiger partial charge in [0.25, 0.3) is 0 Å². The van der Waals surface area contributed by atoms with E-state index in [4.69, 9.17) is 0 Å². The highest BCUT2D eigenvalue weighted by molar-refractivity contribution is 4.76. The fraction of sp³-hybridized carbons (Fsp3) is 1.00. The highest BCUT2D eigenvalue weighted by atomic mass is 16.3. The van der Waals surface area contributed by atoms with Gasteiger partial charge in [0.05, 0.1) is 11.2 Å². The first-order chi connectivity index (χ1) is 5.27. The lowest BCUT2D eigenvalue weighted by Gasteiger charge is -2.26. The second kappa shape index (κ2) is 4.24. The Morgan fingerprint density at radius 3 is 1.75 bits per heavy atom. The molecule has 12 heavy (non-hydrogen) atoms. The van der Waals surface area contributed by atoms with Crippen molar-refractivity contribution in [2.75, 3.05) is 0 Å². The minimum absolute atomic E-state index is 0.602. The molecule has 2 nitrogen and oxygen atoms in total. The Hall–Kier alpha value is -0.0800. The summed E-state index contributed by atoms with van der Waals surface area (Å²) in [5.41, 5.74) is -1.26. The molecule has 2 N–H and O–H groups in total. The van der Waals surface area contributed by atoms with Gasteiger partial charge >= 0.3 is 0 Å². The molecule has 0 aliphatic rings. The van der Waals surface area contributed by atoms with Crippen LogP contribution in [0.15, 0.2) is 0 Å². The monoisotopic (exact) mass is 174 g/mol. The Labute approximate surface area is 75.6 Å². The van der Waals surface area contributed by atoms with Crippen LogP contribution in [0.1, 0.15) is 53.4 Å². The molecule has 0 saturated carbocycles. The van der Waals surface area contributed by atoms with Crippen LogP contribution in [0, 0.1) is 0 Å². The van der Waals surface area contributed by atoms with Gasteiger partial charge in [-0.2, -0.15) is 0 Å². The first-order valence-electron chi connectivity index (χ1n) is 4.71. The maximum absolute atomic E-state index is 9.77. The normalized spacial score (nSPS) is 17.5. The lowest BCUT2D eigenvalue weighted by molar-refractivity contribution is 0.000899. The van der Waals surface area contributed by atoms with Crippen LogP contribution in [-0.2, 0) is 0 Å².